The third kappa shape index (κ3) is 3.45. The Kier molecular flexibility index (Phi) is 4.93. The lowest BCUT2D eigenvalue weighted by Crippen LogP contribution is -1.99. The lowest BCUT2D eigenvalue weighted by Gasteiger charge is -2.09. The van der Waals surface area contributed by atoms with E-state index in [9.17, 15) is 0 Å². The molecule has 4 nitrogen and oxygen atoms in total. The molecule has 34 heavy (non-hydrogen) atoms. The molecule has 0 aliphatic carbocycles. The smallest absolute Gasteiger partial charge is 0.160 e. The quantitative estimate of drug-likeness (QED) is 0.274. The van der Waals surface area contributed by atoms with Crippen LogP contribution in [0.4, 0.5) is 0 Å². The number of hydrogen-bond donors (Lipinski definition) is 0. The molecule has 164 valence electrons. The summed E-state index contributed by atoms with van der Waals surface area (Å²) in [5.74, 6) is 1.47. The zero-order chi connectivity index (χ0) is 23.2. The molecule has 0 spiro atoms. The predicted molar refractivity (Wildman–Crippen MR) is 141 cm³/mol. The molecule has 6 rings (SSSR count). The van der Waals surface area contributed by atoms with E-state index in [0.717, 1.165) is 61.2 Å². The molecule has 5 heteroatoms. The molecule has 0 N–H and O–H groups in total. The van der Waals surface area contributed by atoms with Crippen molar-refractivity contribution in [3.05, 3.63) is 95.8 Å². The van der Waals surface area contributed by atoms with E-state index in [1.165, 1.54) is 10.1 Å². The molecule has 0 atom stereocenters. The first kappa shape index (κ1) is 20.6. The average Bonchev–Trinajstić information content (AvgIpc) is 3.26. The molecular formula is C29H22N4S. The van der Waals surface area contributed by atoms with E-state index < -0.39 is 0 Å². The van der Waals surface area contributed by atoms with E-state index in [1.807, 2.05) is 19.9 Å². The maximum absolute atomic E-state index is 5.05. The van der Waals surface area contributed by atoms with Crippen molar-refractivity contribution in [2.45, 2.75) is 20.8 Å². The van der Waals surface area contributed by atoms with Gasteiger partial charge in [0.2, 0.25) is 0 Å². The lowest BCUT2D eigenvalue weighted by molar-refractivity contribution is 1.02. The highest BCUT2D eigenvalue weighted by molar-refractivity contribution is 7.26. The van der Waals surface area contributed by atoms with Crippen LogP contribution in [-0.4, -0.2) is 19.9 Å². The van der Waals surface area contributed by atoms with Crippen molar-refractivity contribution in [2.24, 2.45) is 0 Å². The second kappa shape index (κ2) is 8.12. The molecule has 0 bridgehead atoms. The molecule has 0 saturated carbocycles. The van der Waals surface area contributed by atoms with E-state index in [0.29, 0.717) is 0 Å². The number of benzene rings is 3. The Morgan fingerprint density at radius 2 is 1.15 bits per heavy atom. The number of rotatable bonds is 3. The van der Waals surface area contributed by atoms with Crippen molar-refractivity contribution in [3.63, 3.8) is 0 Å². The first-order valence-corrected chi connectivity index (χ1v) is 12.1. The van der Waals surface area contributed by atoms with Gasteiger partial charge in [-0.05, 0) is 32.4 Å². The minimum Gasteiger partial charge on any atom is -0.233 e. The maximum atomic E-state index is 5.05. The van der Waals surface area contributed by atoms with Crippen LogP contribution in [0.3, 0.4) is 0 Å². The first-order chi connectivity index (χ1) is 16.6. The van der Waals surface area contributed by atoms with Crippen molar-refractivity contribution >= 4 is 31.6 Å². The van der Waals surface area contributed by atoms with Gasteiger partial charge >= 0.3 is 0 Å². The Bertz CT molecular complexity index is 1650. The largest absolute Gasteiger partial charge is 0.233 e. The fourth-order valence-electron chi connectivity index (χ4n) is 4.18. The second-order valence-corrected chi connectivity index (χ2v) is 9.51. The number of aryl methyl sites for hydroxylation is 2. The second-order valence-electron chi connectivity index (χ2n) is 8.46. The molecule has 3 aromatic carbocycles. The Morgan fingerprint density at radius 1 is 0.559 bits per heavy atom. The van der Waals surface area contributed by atoms with Crippen LogP contribution in [0.2, 0.25) is 0 Å². The monoisotopic (exact) mass is 458 g/mol. The van der Waals surface area contributed by atoms with Crippen molar-refractivity contribution in [1.29, 1.82) is 0 Å². The van der Waals surface area contributed by atoms with Crippen LogP contribution in [0, 0.1) is 20.8 Å². The van der Waals surface area contributed by atoms with Crippen LogP contribution in [0.5, 0.6) is 0 Å². The summed E-state index contributed by atoms with van der Waals surface area (Å²) in [5, 5.41) is 1.17. The van der Waals surface area contributed by atoms with Crippen molar-refractivity contribution < 1.29 is 0 Å². The summed E-state index contributed by atoms with van der Waals surface area (Å²) < 4.78 is 2.34. The fraction of sp³-hybridized carbons (Fsp3) is 0.103. The zero-order valence-corrected chi connectivity index (χ0v) is 20.0. The van der Waals surface area contributed by atoms with Crippen molar-refractivity contribution in [3.8, 4) is 34.0 Å². The molecule has 3 aromatic heterocycles. The van der Waals surface area contributed by atoms with Gasteiger partial charge in [-0.2, -0.15) is 0 Å². The SMILES string of the molecule is Cc1nc(-c2ccc(-c3nc(-c4ccccc4)c4sc5ccccc5c4n3)cc2)nc(C)c1C. The molecule has 0 radical (unpaired) electrons. The standard InChI is InChI=1S/C29H22N4S/c1-17-18(2)30-28(31-19(17)3)21-13-15-22(16-14-21)29-32-25(20-9-5-4-6-10-20)27-26(33-29)23-11-7-8-12-24(23)34-27/h4-16H,1-3H3. The van der Waals surface area contributed by atoms with E-state index in [-0.39, 0.29) is 0 Å². The first-order valence-electron chi connectivity index (χ1n) is 11.3. The summed E-state index contributed by atoms with van der Waals surface area (Å²) >= 11 is 1.75. The predicted octanol–water partition coefficient (Wildman–Crippen LogP) is 7.56. The number of aromatic nitrogens is 4. The van der Waals surface area contributed by atoms with Gasteiger partial charge in [0.1, 0.15) is 0 Å². The molecular weight excluding hydrogens is 436 g/mol. The van der Waals surface area contributed by atoms with E-state index in [4.69, 9.17) is 9.97 Å². The maximum Gasteiger partial charge on any atom is 0.160 e. The van der Waals surface area contributed by atoms with Crippen LogP contribution in [0.15, 0.2) is 78.9 Å². The third-order valence-electron chi connectivity index (χ3n) is 6.30. The summed E-state index contributed by atoms with van der Waals surface area (Å²) in [7, 11) is 0. The summed E-state index contributed by atoms with van der Waals surface area (Å²) in [6, 6.07) is 27.0. The average molecular weight is 459 g/mol. The van der Waals surface area contributed by atoms with Crippen LogP contribution in [-0.2, 0) is 0 Å². The molecule has 0 amide bonds. The number of fused-ring (bicyclic) bond motifs is 3. The summed E-state index contributed by atoms with van der Waals surface area (Å²) in [5.41, 5.74) is 8.19. The summed E-state index contributed by atoms with van der Waals surface area (Å²) in [4.78, 5) is 19.5. The van der Waals surface area contributed by atoms with Crippen molar-refractivity contribution in [1.82, 2.24) is 19.9 Å². The summed E-state index contributed by atoms with van der Waals surface area (Å²) in [6.45, 7) is 6.12. The van der Waals surface area contributed by atoms with Gasteiger partial charge in [0.15, 0.2) is 11.6 Å². The zero-order valence-electron chi connectivity index (χ0n) is 19.2. The molecule has 0 saturated heterocycles. The van der Waals surface area contributed by atoms with Gasteiger partial charge in [0.25, 0.3) is 0 Å². The Labute approximate surface area is 202 Å². The fourth-order valence-corrected chi connectivity index (χ4v) is 5.34. The molecule has 0 aliphatic heterocycles. The molecule has 6 aromatic rings. The minimum absolute atomic E-state index is 0.721. The van der Waals surface area contributed by atoms with Gasteiger partial charge in [-0.15, -0.1) is 11.3 Å². The Morgan fingerprint density at radius 3 is 1.82 bits per heavy atom. The van der Waals surface area contributed by atoms with Gasteiger partial charge in [0, 0.05) is 38.2 Å². The number of nitrogens with zero attached hydrogens (tertiary/aromatic N) is 4. The number of thiophene rings is 1. The normalized spacial score (nSPS) is 11.4. The highest BCUT2D eigenvalue weighted by Crippen LogP contribution is 2.39. The van der Waals surface area contributed by atoms with Crippen molar-refractivity contribution in [2.75, 3.05) is 0 Å². The van der Waals surface area contributed by atoms with Gasteiger partial charge in [-0.3, -0.25) is 0 Å². The van der Waals surface area contributed by atoms with Gasteiger partial charge in [0.05, 0.1) is 15.9 Å². The van der Waals surface area contributed by atoms with Crippen LogP contribution >= 0.6 is 11.3 Å². The van der Waals surface area contributed by atoms with Gasteiger partial charge in [-0.25, -0.2) is 19.9 Å². The van der Waals surface area contributed by atoms with Crippen LogP contribution in [0.1, 0.15) is 17.0 Å². The van der Waals surface area contributed by atoms with Gasteiger partial charge < -0.3 is 0 Å². The highest BCUT2D eigenvalue weighted by Gasteiger charge is 2.16. The minimum atomic E-state index is 0.721. The van der Waals surface area contributed by atoms with E-state index >= 15 is 0 Å². The molecule has 3 heterocycles. The lowest BCUT2D eigenvalue weighted by atomic mass is 10.1. The number of hydrogen-bond acceptors (Lipinski definition) is 5. The molecule has 0 aliphatic rings. The molecule has 0 unspecified atom stereocenters. The van der Waals surface area contributed by atoms with Crippen LogP contribution < -0.4 is 0 Å². The van der Waals surface area contributed by atoms with E-state index in [1.54, 1.807) is 11.3 Å². The molecule has 0 fully saturated rings. The third-order valence-corrected chi connectivity index (χ3v) is 7.47. The van der Waals surface area contributed by atoms with Gasteiger partial charge in [-0.1, -0.05) is 72.8 Å². The van der Waals surface area contributed by atoms with Crippen LogP contribution in [0.25, 0.3) is 54.3 Å². The Hall–Kier alpha value is -3.96. The highest BCUT2D eigenvalue weighted by atomic mass is 32.1. The topological polar surface area (TPSA) is 51.6 Å². The Balaban J connectivity index is 1.51. The van der Waals surface area contributed by atoms with E-state index in [2.05, 4.69) is 89.7 Å². The summed E-state index contributed by atoms with van der Waals surface area (Å²) in [6.07, 6.45) is 0.